The third-order valence-electron chi connectivity index (χ3n) is 3.81. The Balaban J connectivity index is 2.48. The smallest absolute Gasteiger partial charge is 0.338 e. The van der Waals surface area contributed by atoms with Crippen LogP contribution in [0.25, 0.3) is 0 Å². The standard InChI is InChI=1S/C18H21NO4S/c1-12(2)14-8-5-6-10-16(14)19-24(21,22)17-11-7-9-15(13(17)3)18(20)23-4/h5-12,19H,1-4H3. The van der Waals surface area contributed by atoms with E-state index in [-0.39, 0.29) is 16.4 Å². The van der Waals surface area contributed by atoms with E-state index in [2.05, 4.69) is 4.72 Å². The predicted octanol–water partition coefficient (Wildman–Crippen LogP) is 3.71. The number of nitrogens with one attached hydrogen (secondary N) is 1. The SMILES string of the molecule is COC(=O)c1cccc(S(=O)(=O)Nc2ccccc2C(C)C)c1C. The molecule has 0 unspecified atom stereocenters. The van der Waals surface area contributed by atoms with Crippen LogP contribution in [-0.4, -0.2) is 21.5 Å². The molecule has 24 heavy (non-hydrogen) atoms. The summed E-state index contributed by atoms with van der Waals surface area (Å²) in [6.45, 7) is 5.59. The number of esters is 1. The van der Waals surface area contributed by atoms with E-state index in [1.165, 1.54) is 19.2 Å². The fourth-order valence-corrected chi connectivity index (χ4v) is 3.89. The minimum atomic E-state index is -3.82. The van der Waals surface area contributed by atoms with Gasteiger partial charge in [0.25, 0.3) is 10.0 Å². The number of methoxy groups -OCH3 is 1. The van der Waals surface area contributed by atoms with Gasteiger partial charge in [0.05, 0.1) is 23.3 Å². The fraction of sp³-hybridized carbons (Fsp3) is 0.278. The van der Waals surface area contributed by atoms with Crippen LogP contribution in [0, 0.1) is 6.92 Å². The maximum Gasteiger partial charge on any atom is 0.338 e. The molecule has 0 saturated carbocycles. The Hall–Kier alpha value is -2.34. The number of carbonyl (C=O) groups is 1. The van der Waals surface area contributed by atoms with Crippen LogP contribution < -0.4 is 4.72 Å². The van der Waals surface area contributed by atoms with E-state index in [0.29, 0.717) is 11.3 Å². The number of para-hydroxylation sites is 1. The summed E-state index contributed by atoms with van der Waals surface area (Å²) in [5.41, 5.74) is 2.04. The van der Waals surface area contributed by atoms with E-state index >= 15 is 0 Å². The van der Waals surface area contributed by atoms with Crippen molar-refractivity contribution in [1.82, 2.24) is 0 Å². The average Bonchev–Trinajstić information content (AvgIpc) is 2.54. The molecule has 2 rings (SSSR count). The molecular formula is C18H21NO4S. The van der Waals surface area contributed by atoms with Crippen LogP contribution >= 0.6 is 0 Å². The third-order valence-corrected chi connectivity index (χ3v) is 5.32. The summed E-state index contributed by atoms with van der Waals surface area (Å²) in [4.78, 5) is 11.8. The van der Waals surface area contributed by atoms with Crippen molar-refractivity contribution >= 4 is 21.7 Å². The molecule has 0 aromatic heterocycles. The van der Waals surface area contributed by atoms with Crippen LogP contribution in [-0.2, 0) is 14.8 Å². The molecule has 0 saturated heterocycles. The van der Waals surface area contributed by atoms with Crippen LogP contribution in [0.1, 0.15) is 41.3 Å². The van der Waals surface area contributed by atoms with Gasteiger partial charge in [-0.25, -0.2) is 13.2 Å². The number of benzene rings is 2. The number of ether oxygens (including phenoxy) is 1. The van der Waals surface area contributed by atoms with Crippen LogP contribution in [0.3, 0.4) is 0 Å². The Labute approximate surface area is 142 Å². The Morgan fingerprint density at radius 2 is 1.75 bits per heavy atom. The summed E-state index contributed by atoms with van der Waals surface area (Å²) in [5.74, 6) is -0.390. The minimum Gasteiger partial charge on any atom is -0.465 e. The molecule has 0 spiro atoms. The van der Waals surface area contributed by atoms with Gasteiger partial charge in [0, 0.05) is 0 Å². The molecule has 0 fully saturated rings. The first-order valence-electron chi connectivity index (χ1n) is 7.57. The van der Waals surface area contributed by atoms with Crippen LogP contribution in [0.4, 0.5) is 5.69 Å². The first-order valence-corrected chi connectivity index (χ1v) is 9.06. The van der Waals surface area contributed by atoms with Gasteiger partial charge in [-0.3, -0.25) is 4.72 Å². The summed E-state index contributed by atoms with van der Waals surface area (Å²) in [6, 6.07) is 11.8. The second-order valence-electron chi connectivity index (χ2n) is 5.77. The highest BCUT2D eigenvalue weighted by Gasteiger charge is 2.22. The Bertz CT molecular complexity index is 857. The number of rotatable bonds is 5. The predicted molar refractivity (Wildman–Crippen MR) is 93.9 cm³/mol. The maximum absolute atomic E-state index is 12.8. The van der Waals surface area contributed by atoms with Crippen molar-refractivity contribution in [3.8, 4) is 0 Å². The zero-order chi connectivity index (χ0) is 17.9. The maximum atomic E-state index is 12.8. The van der Waals surface area contributed by atoms with Crippen molar-refractivity contribution in [2.24, 2.45) is 0 Å². The van der Waals surface area contributed by atoms with Crippen molar-refractivity contribution in [2.45, 2.75) is 31.6 Å². The van der Waals surface area contributed by atoms with Gasteiger partial charge < -0.3 is 4.74 Å². The lowest BCUT2D eigenvalue weighted by Crippen LogP contribution is -2.17. The van der Waals surface area contributed by atoms with E-state index in [9.17, 15) is 13.2 Å². The zero-order valence-electron chi connectivity index (χ0n) is 14.2. The Morgan fingerprint density at radius 3 is 2.38 bits per heavy atom. The molecule has 0 aliphatic heterocycles. The molecular weight excluding hydrogens is 326 g/mol. The van der Waals surface area contributed by atoms with Crippen LogP contribution in [0.15, 0.2) is 47.4 Å². The molecule has 0 radical (unpaired) electrons. The number of carbonyl (C=O) groups excluding carboxylic acids is 1. The number of sulfonamides is 1. The lowest BCUT2D eigenvalue weighted by molar-refractivity contribution is 0.0599. The Morgan fingerprint density at radius 1 is 1.08 bits per heavy atom. The lowest BCUT2D eigenvalue weighted by atomic mass is 10.0. The molecule has 2 aromatic carbocycles. The van der Waals surface area contributed by atoms with Crippen molar-refractivity contribution in [3.05, 3.63) is 59.2 Å². The summed E-state index contributed by atoms with van der Waals surface area (Å²) >= 11 is 0. The molecule has 0 aliphatic carbocycles. The molecule has 6 heteroatoms. The van der Waals surface area contributed by atoms with Gasteiger partial charge in [0.1, 0.15) is 0 Å². The lowest BCUT2D eigenvalue weighted by Gasteiger charge is -2.16. The molecule has 0 heterocycles. The molecule has 0 bridgehead atoms. The van der Waals surface area contributed by atoms with Crippen LogP contribution in [0.2, 0.25) is 0 Å². The monoisotopic (exact) mass is 347 g/mol. The minimum absolute atomic E-state index is 0.0592. The molecule has 128 valence electrons. The molecule has 2 aromatic rings. The van der Waals surface area contributed by atoms with Gasteiger partial charge in [-0.1, -0.05) is 38.1 Å². The summed E-state index contributed by atoms with van der Waals surface area (Å²) in [6.07, 6.45) is 0. The highest BCUT2D eigenvalue weighted by atomic mass is 32.2. The van der Waals surface area contributed by atoms with E-state index in [4.69, 9.17) is 4.74 Å². The molecule has 0 amide bonds. The molecule has 5 nitrogen and oxygen atoms in total. The average molecular weight is 347 g/mol. The van der Waals surface area contributed by atoms with Gasteiger partial charge in [0.15, 0.2) is 0 Å². The van der Waals surface area contributed by atoms with Gasteiger partial charge in [-0.05, 0) is 42.2 Å². The first-order chi connectivity index (χ1) is 11.3. The highest BCUT2D eigenvalue weighted by Crippen LogP contribution is 2.27. The zero-order valence-corrected chi connectivity index (χ0v) is 15.0. The van der Waals surface area contributed by atoms with E-state index < -0.39 is 16.0 Å². The summed E-state index contributed by atoms with van der Waals surface area (Å²) < 4.78 is 32.9. The van der Waals surface area contributed by atoms with Crippen molar-refractivity contribution < 1.29 is 17.9 Å². The normalized spacial score (nSPS) is 11.4. The number of hydrogen-bond acceptors (Lipinski definition) is 4. The number of anilines is 1. The molecule has 1 N–H and O–H groups in total. The summed E-state index contributed by atoms with van der Waals surface area (Å²) in [7, 11) is -2.56. The van der Waals surface area contributed by atoms with Gasteiger partial charge in [-0.2, -0.15) is 0 Å². The van der Waals surface area contributed by atoms with Crippen molar-refractivity contribution in [2.75, 3.05) is 11.8 Å². The highest BCUT2D eigenvalue weighted by molar-refractivity contribution is 7.92. The topological polar surface area (TPSA) is 72.5 Å². The first kappa shape index (κ1) is 18.0. The number of hydrogen-bond donors (Lipinski definition) is 1. The van der Waals surface area contributed by atoms with E-state index in [1.807, 2.05) is 26.0 Å². The van der Waals surface area contributed by atoms with E-state index in [0.717, 1.165) is 5.56 Å². The Kier molecular flexibility index (Phi) is 5.29. The van der Waals surface area contributed by atoms with Gasteiger partial charge in [0.2, 0.25) is 0 Å². The summed E-state index contributed by atoms with van der Waals surface area (Å²) in [5, 5.41) is 0. The van der Waals surface area contributed by atoms with Crippen molar-refractivity contribution in [3.63, 3.8) is 0 Å². The van der Waals surface area contributed by atoms with E-state index in [1.54, 1.807) is 25.1 Å². The second kappa shape index (κ2) is 7.05. The molecule has 0 atom stereocenters. The largest absolute Gasteiger partial charge is 0.465 e. The quantitative estimate of drug-likeness (QED) is 0.837. The van der Waals surface area contributed by atoms with Crippen molar-refractivity contribution in [1.29, 1.82) is 0 Å². The third kappa shape index (κ3) is 3.59. The van der Waals surface area contributed by atoms with Crippen LogP contribution in [0.5, 0.6) is 0 Å². The fourth-order valence-electron chi connectivity index (χ4n) is 2.53. The second-order valence-corrected chi connectivity index (χ2v) is 7.42. The van der Waals surface area contributed by atoms with Gasteiger partial charge >= 0.3 is 5.97 Å². The molecule has 0 aliphatic rings. The van der Waals surface area contributed by atoms with Gasteiger partial charge in [-0.15, -0.1) is 0 Å².